The van der Waals surface area contributed by atoms with Crippen molar-refractivity contribution >= 4 is 29.2 Å². The monoisotopic (exact) mass is 366 g/mol. The largest absolute Gasteiger partial charge is 0.383 e. The van der Waals surface area contributed by atoms with Crippen LogP contribution in [0.25, 0.3) is 11.1 Å². The fourth-order valence-corrected chi connectivity index (χ4v) is 3.23. The van der Waals surface area contributed by atoms with Gasteiger partial charge in [-0.2, -0.15) is 0 Å². The van der Waals surface area contributed by atoms with Crippen molar-refractivity contribution in [3.8, 4) is 11.1 Å². The number of rotatable bonds is 5. The predicted molar refractivity (Wildman–Crippen MR) is 105 cm³/mol. The zero-order valence-corrected chi connectivity index (χ0v) is 15.0. The average molecular weight is 366 g/mol. The zero-order chi connectivity index (χ0) is 18.5. The molecule has 0 aliphatic rings. The van der Waals surface area contributed by atoms with Gasteiger partial charge in [0.25, 0.3) is 5.56 Å². The second-order valence-electron chi connectivity index (χ2n) is 5.57. The summed E-state index contributed by atoms with van der Waals surface area (Å²) >= 11 is 1.15. The van der Waals surface area contributed by atoms with Gasteiger partial charge in [0.15, 0.2) is 5.16 Å². The number of aromatic amines is 1. The van der Waals surface area contributed by atoms with Crippen molar-refractivity contribution in [3.63, 3.8) is 0 Å². The Bertz CT molecular complexity index is 958. The van der Waals surface area contributed by atoms with Crippen molar-refractivity contribution in [3.05, 3.63) is 71.0 Å². The van der Waals surface area contributed by atoms with Crippen LogP contribution in [0.4, 0.5) is 11.5 Å². The van der Waals surface area contributed by atoms with Crippen LogP contribution in [0.15, 0.2) is 70.6 Å². The first kappa shape index (κ1) is 17.8. The minimum absolute atomic E-state index is 0.102. The average Bonchev–Trinajstić information content (AvgIpc) is 2.66. The molecule has 0 saturated carbocycles. The highest BCUT2D eigenvalue weighted by molar-refractivity contribution is 7.99. The van der Waals surface area contributed by atoms with Crippen LogP contribution in [0.5, 0.6) is 0 Å². The molecule has 3 rings (SSSR count). The van der Waals surface area contributed by atoms with Gasteiger partial charge in [-0.1, -0.05) is 60.3 Å². The summed E-state index contributed by atoms with van der Waals surface area (Å²) in [6.45, 7) is 0. The summed E-state index contributed by atoms with van der Waals surface area (Å²) in [4.78, 5) is 33.2. The second kappa shape index (κ2) is 7.88. The van der Waals surface area contributed by atoms with Gasteiger partial charge in [-0.3, -0.25) is 9.59 Å². The number of hydrogen-bond acceptors (Lipinski definition) is 5. The van der Waals surface area contributed by atoms with Crippen LogP contribution >= 0.6 is 11.8 Å². The fourth-order valence-electron chi connectivity index (χ4n) is 2.44. The van der Waals surface area contributed by atoms with Crippen molar-refractivity contribution in [2.75, 3.05) is 23.4 Å². The molecule has 0 aliphatic carbocycles. The molecule has 0 fully saturated rings. The fraction of sp³-hybridized carbons (Fsp3) is 0.105. The summed E-state index contributed by atoms with van der Waals surface area (Å²) in [5, 5.41) is 0.321. The van der Waals surface area contributed by atoms with E-state index in [4.69, 9.17) is 5.73 Å². The number of nitrogen functional groups attached to an aromatic ring is 1. The van der Waals surface area contributed by atoms with Gasteiger partial charge in [-0.15, -0.1) is 0 Å². The van der Waals surface area contributed by atoms with E-state index in [0.717, 1.165) is 17.4 Å². The first-order chi connectivity index (χ1) is 12.6. The Morgan fingerprint density at radius 3 is 2.35 bits per heavy atom. The number of aromatic nitrogens is 2. The lowest BCUT2D eigenvalue weighted by molar-refractivity contribution is -0.115. The molecule has 1 heterocycles. The smallest absolute Gasteiger partial charge is 0.261 e. The van der Waals surface area contributed by atoms with Crippen molar-refractivity contribution < 1.29 is 4.79 Å². The van der Waals surface area contributed by atoms with E-state index >= 15 is 0 Å². The molecule has 0 saturated heterocycles. The molecule has 2 aromatic carbocycles. The van der Waals surface area contributed by atoms with Gasteiger partial charge in [-0.05, 0) is 17.7 Å². The number of nitrogens with two attached hydrogens (primary N) is 1. The van der Waals surface area contributed by atoms with Crippen LogP contribution in [0.2, 0.25) is 0 Å². The van der Waals surface area contributed by atoms with E-state index in [9.17, 15) is 9.59 Å². The predicted octanol–water partition coefficient (Wildman–Crippen LogP) is 2.77. The first-order valence-electron chi connectivity index (χ1n) is 7.96. The molecule has 1 aromatic heterocycles. The Morgan fingerprint density at radius 2 is 1.73 bits per heavy atom. The normalized spacial score (nSPS) is 10.5. The van der Waals surface area contributed by atoms with Crippen LogP contribution < -0.4 is 16.2 Å². The van der Waals surface area contributed by atoms with E-state index in [1.165, 1.54) is 0 Å². The van der Waals surface area contributed by atoms with Crippen molar-refractivity contribution in [2.45, 2.75) is 5.16 Å². The van der Waals surface area contributed by atoms with E-state index < -0.39 is 0 Å². The number of hydrogen-bond donors (Lipinski definition) is 2. The third-order valence-electron chi connectivity index (χ3n) is 3.84. The number of anilines is 2. The maximum atomic E-state index is 12.4. The Labute approximate surface area is 155 Å². The number of amides is 1. The summed E-state index contributed by atoms with van der Waals surface area (Å²) in [6, 6.07) is 18.5. The van der Waals surface area contributed by atoms with Gasteiger partial charge in [0.05, 0.1) is 11.3 Å². The molecule has 0 atom stereocenters. The molecule has 26 heavy (non-hydrogen) atoms. The molecule has 0 radical (unpaired) electrons. The van der Waals surface area contributed by atoms with Crippen molar-refractivity contribution in [2.24, 2.45) is 0 Å². The van der Waals surface area contributed by atoms with Crippen LogP contribution in [0.1, 0.15) is 0 Å². The molecule has 0 aliphatic heterocycles. The molecular formula is C19H18N4O2S. The number of para-hydroxylation sites is 1. The Morgan fingerprint density at radius 1 is 1.12 bits per heavy atom. The number of H-pyrrole nitrogens is 1. The first-order valence-corrected chi connectivity index (χ1v) is 8.94. The topological polar surface area (TPSA) is 92.1 Å². The zero-order valence-electron chi connectivity index (χ0n) is 14.2. The number of benzene rings is 2. The lowest BCUT2D eigenvalue weighted by Crippen LogP contribution is -2.28. The minimum Gasteiger partial charge on any atom is -0.383 e. The van der Waals surface area contributed by atoms with Crippen LogP contribution in [0.3, 0.4) is 0 Å². The van der Waals surface area contributed by atoms with Gasteiger partial charge in [-0.25, -0.2) is 4.98 Å². The molecule has 3 N–H and O–H groups in total. The van der Waals surface area contributed by atoms with E-state index in [1.807, 2.05) is 48.5 Å². The third kappa shape index (κ3) is 3.94. The molecule has 7 heteroatoms. The number of carbonyl (C=O) groups is 1. The standard InChI is InChI=1S/C19H18N4O2S/c1-23(14-10-6-3-7-11-14)15(24)12-26-19-21-17(20)16(18(25)22-19)13-8-4-2-5-9-13/h2-11H,12H2,1H3,(H3,20,21,22,25). The molecular weight excluding hydrogens is 348 g/mol. The second-order valence-corrected chi connectivity index (χ2v) is 6.54. The highest BCUT2D eigenvalue weighted by Crippen LogP contribution is 2.22. The van der Waals surface area contributed by atoms with Gasteiger partial charge in [0.2, 0.25) is 5.91 Å². The maximum Gasteiger partial charge on any atom is 0.261 e. The Hall–Kier alpha value is -3.06. The van der Waals surface area contributed by atoms with Crippen LogP contribution in [-0.4, -0.2) is 28.7 Å². The van der Waals surface area contributed by atoms with Crippen LogP contribution in [0, 0.1) is 0 Å². The lowest BCUT2D eigenvalue weighted by atomic mass is 10.1. The minimum atomic E-state index is -0.324. The number of nitrogens with one attached hydrogen (secondary N) is 1. The van der Waals surface area contributed by atoms with Gasteiger partial charge < -0.3 is 15.6 Å². The number of carbonyl (C=O) groups excluding carboxylic acids is 1. The van der Waals surface area contributed by atoms with Gasteiger partial charge >= 0.3 is 0 Å². The Balaban J connectivity index is 1.73. The van der Waals surface area contributed by atoms with E-state index in [2.05, 4.69) is 9.97 Å². The van der Waals surface area contributed by atoms with Crippen molar-refractivity contribution in [1.82, 2.24) is 9.97 Å². The summed E-state index contributed by atoms with van der Waals surface area (Å²) < 4.78 is 0. The highest BCUT2D eigenvalue weighted by Gasteiger charge is 2.15. The van der Waals surface area contributed by atoms with Crippen molar-refractivity contribution in [1.29, 1.82) is 0 Å². The molecule has 0 bridgehead atoms. The summed E-state index contributed by atoms with van der Waals surface area (Å²) in [7, 11) is 1.71. The molecule has 1 amide bonds. The number of thioether (sulfide) groups is 1. The van der Waals surface area contributed by atoms with Crippen LogP contribution in [-0.2, 0) is 4.79 Å². The lowest BCUT2D eigenvalue weighted by Gasteiger charge is -2.16. The molecule has 0 unspecified atom stereocenters. The Kier molecular flexibility index (Phi) is 5.38. The molecule has 0 spiro atoms. The highest BCUT2D eigenvalue weighted by atomic mass is 32.2. The maximum absolute atomic E-state index is 12.4. The van der Waals surface area contributed by atoms with E-state index in [0.29, 0.717) is 16.3 Å². The molecule has 6 nitrogen and oxygen atoms in total. The van der Waals surface area contributed by atoms with E-state index in [-0.39, 0.29) is 23.0 Å². The summed E-state index contributed by atoms with van der Waals surface area (Å²) in [5.74, 6) is 0.180. The van der Waals surface area contributed by atoms with Gasteiger partial charge in [0, 0.05) is 12.7 Å². The van der Waals surface area contributed by atoms with Gasteiger partial charge in [0.1, 0.15) is 5.82 Å². The molecule has 132 valence electrons. The number of nitrogens with zero attached hydrogens (tertiary/aromatic N) is 2. The quantitative estimate of drug-likeness (QED) is 0.535. The summed E-state index contributed by atoms with van der Waals surface area (Å²) in [6.07, 6.45) is 0. The van der Waals surface area contributed by atoms with E-state index in [1.54, 1.807) is 24.1 Å². The third-order valence-corrected chi connectivity index (χ3v) is 4.70. The molecule has 3 aromatic rings. The SMILES string of the molecule is CN(C(=O)CSc1nc(N)c(-c2ccccc2)c(=O)[nH]1)c1ccccc1. The summed E-state index contributed by atoms with van der Waals surface area (Å²) in [5.41, 5.74) is 7.49.